The van der Waals surface area contributed by atoms with Crippen LogP contribution >= 0.6 is 0 Å². The van der Waals surface area contributed by atoms with Gasteiger partial charge in [0.2, 0.25) is 0 Å². The van der Waals surface area contributed by atoms with Gasteiger partial charge in [0.1, 0.15) is 5.54 Å². The van der Waals surface area contributed by atoms with Crippen LogP contribution in [0, 0.1) is 0 Å². The lowest BCUT2D eigenvalue weighted by molar-refractivity contribution is -0.155. The second kappa shape index (κ2) is 8.11. The molecule has 0 aliphatic carbocycles. The van der Waals surface area contributed by atoms with Gasteiger partial charge in [0.05, 0.1) is 13.7 Å². The van der Waals surface area contributed by atoms with Gasteiger partial charge < -0.3 is 9.47 Å². The van der Waals surface area contributed by atoms with Gasteiger partial charge in [-0.15, -0.1) is 0 Å². The van der Waals surface area contributed by atoms with E-state index in [0.29, 0.717) is 26.0 Å². The van der Waals surface area contributed by atoms with E-state index >= 15 is 0 Å². The van der Waals surface area contributed by atoms with E-state index in [1.807, 2.05) is 30.3 Å². The van der Waals surface area contributed by atoms with Crippen LogP contribution in [0.5, 0.6) is 0 Å². The van der Waals surface area contributed by atoms with E-state index in [1.54, 1.807) is 6.92 Å². The van der Waals surface area contributed by atoms with Crippen LogP contribution in [0.1, 0.15) is 38.2 Å². The van der Waals surface area contributed by atoms with Gasteiger partial charge in [-0.3, -0.25) is 14.5 Å². The fourth-order valence-electron chi connectivity index (χ4n) is 3.32. The van der Waals surface area contributed by atoms with Crippen LogP contribution in [0.2, 0.25) is 0 Å². The zero-order valence-electron chi connectivity index (χ0n) is 13.9. The molecule has 1 aliphatic rings. The minimum Gasteiger partial charge on any atom is -0.468 e. The first-order valence-corrected chi connectivity index (χ1v) is 8.15. The Bertz CT molecular complexity index is 531. The Kier molecular flexibility index (Phi) is 6.16. The van der Waals surface area contributed by atoms with E-state index in [2.05, 4.69) is 4.90 Å². The summed E-state index contributed by atoms with van der Waals surface area (Å²) < 4.78 is 10.1. The monoisotopic (exact) mass is 319 g/mol. The van der Waals surface area contributed by atoms with Crippen molar-refractivity contribution in [1.29, 1.82) is 0 Å². The number of benzene rings is 1. The fourth-order valence-corrected chi connectivity index (χ4v) is 3.32. The second-order valence-corrected chi connectivity index (χ2v) is 5.84. The SMILES string of the molecule is CCOC(=O)CCC1(C(=O)OC)CCCN1Cc1ccccc1. The molecule has 5 nitrogen and oxygen atoms in total. The summed E-state index contributed by atoms with van der Waals surface area (Å²) in [5.74, 6) is -0.516. The van der Waals surface area contributed by atoms with Crippen LogP contribution in [-0.2, 0) is 25.6 Å². The summed E-state index contributed by atoms with van der Waals surface area (Å²) in [4.78, 5) is 26.4. The molecular weight excluding hydrogens is 294 g/mol. The number of likely N-dealkylation sites (tertiary alicyclic amines) is 1. The Morgan fingerprint density at radius 3 is 2.65 bits per heavy atom. The summed E-state index contributed by atoms with van der Waals surface area (Å²) in [7, 11) is 1.41. The smallest absolute Gasteiger partial charge is 0.326 e. The van der Waals surface area contributed by atoms with E-state index in [9.17, 15) is 9.59 Å². The Labute approximate surface area is 137 Å². The van der Waals surface area contributed by atoms with Crippen LogP contribution in [0.25, 0.3) is 0 Å². The van der Waals surface area contributed by atoms with Crippen LogP contribution in [0.4, 0.5) is 0 Å². The molecule has 1 unspecified atom stereocenters. The summed E-state index contributed by atoms with van der Waals surface area (Å²) in [5, 5.41) is 0. The molecule has 0 amide bonds. The largest absolute Gasteiger partial charge is 0.468 e. The molecule has 0 saturated carbocycles. The van der Waals surface area contributed by atoms with Crippen molar-refractivity contribution in [3.63, 3.8) is 0 Å². The van der Waals surface area contributed by atoms with Gasteiger partial charge in [-0.25, -0.2) is 0 Å². The molecule has 23 heavy (non-hydrogen) atoms. The molecule has 0 N–H and O–H groups in total. The van der Waals surface area contributed by atoms with Crippen molar-refractivity contribution in [2.24, 2.45) is 0 Å². The summed E-state index contributed by atoms with van der Waals surface area (Å²) in [6.07, 6.45) is 2.30. The Morgan fingerprint density at radius 1 is 1.26 bits per heavy atom. The zero-order valence-corrected chi connectivity index (χ0v) is 13.9. The van der Waals surface area contributed by atoms with Crippen LogP contribution in [0.15, 0.2) is 30.3 Å². The molecule has 126 valence electrons. The summed E-state index contributed by atoms with van der Waals surface area (Å²) in [6.45, 7) is 3.65. The highest BCUT2D eigenvalue weighted by Crippen LogP contribution is 2.36. The van der Waals surface area contributed by atoms with Gasteiger partial charge in [0, 0.05) is 13.0 Å². The maximum absolute atomic E-state index is 12.5. The number of hydrogen-bond acceptors (Lipinski definition) is 5. The third-order valence-electron chi connectivity index (χ3n) is 4.45. The number of carbonyl (C=O) groups is 2. The maximum Gasteiger partial charge on any atom is 0.326 e. The van der Waals surface area contributed by atoms with Crippen LogP contribution in [-0.4, -0.2) is 42.6 Å². The van der Waals surface area contributed by atoms with Gasteiger partial charge in [-0.2, -0.15) is 0 Å². The molecule has 1 atom stereocenters. The summed E-state index contributed by atoms with van der Waals surface area (Å²) in [5.41, 5.74) is 0.427. The minimum atomic E-state index is -0.725. The van der Waals surface area contributed by atoms with Gasteiger partial charge in [-0.1, -0.05) is 30.3 Å². The van der Waals surface area contributed by atoms with Gasteiger partial charge in [0.25, 0.3) is 0 Å². The Morgan fingerprint density at radius 2 is 2.00 bits per heavy atom. The van der Waals surface area contributed by atoms with E-state index < -0.39 is 5.54 Å². The van der Waals surface area contributed by atoms with Crippen molar-refractivity contribution in [3.05, 3.63) is 35.9 Å². The number of nitrogens with zero attached hydrogens (tertiary/aromatic N) is 1. The minimum absolute atomic E-state index is 0.230. The molecule has 1 aromatic rings. The number of rotatable bonds is 7. The number of carbonyl (C=O) groups excluding carboxylic acids is 2. The zero-order chi connectivity index (χ0) is 16.7. The summed E-state index contributed by atoms with van der Waals surface area (Å²) >= 11 is 0. The lowest BCUT2D eigenvalue weighted by Crippen LogP contribution is -2.51. The molecule has 0 bridgehead atoms. The van der Waals surface area contributed by atoms with Gasteiger partial charge in [0.15, 0.2) is 0 Å². The van der Waals surface area contributed by atoms with Crippen molar-refractivity contribution >= 4 is 11.9 Å². The van der Waals surface area contributed by atoms with E-state index in [4.69, 9.17) is 9.47 Å². The third-order valence-corrected chi connectivity index (χ3v) is 4.45. The summed E-state index contributed by atoms with van der Waals surface area (Å²) in [6, 6.07) is 10.0. The van der Waals surface area contributed by atoms with Gasteiger partial charge in [-0.05, 0) is 38.3 Å². The van der Waals surface area contributed by atoms with Crippen molar-refractivity contribution in [2.75, 3.05) is 20.3 Å². The molecule has 2 rings (SSSR count). The maximum atomic E-state index is 12.5. The molecule has 1 saturated heterocycles. The number of methoxy groups -OCH3 is 1. The fraction of sp³-hybridized carbons (Fsp3) is 0.556. The van der Waals surface area contributed by atoms with E-state index in [0.717, 1.165) is 18.5 Å². The number of ether oxygens (including phenoxy) is 2. The third kappa shape index (κ3) is 4.10. The van der Waals surface area contributed by atoms with Crippen molar-refractivity contribution in [2.45, 2.75) is 44.7 Å². The highest BCUT2D eigenvalue weighted by Gasteiger charge is 2.48. The standard InChI is InChI=1S/C18H25NO4/c1-3-23-16(20)10-12-18(17(21)22-2)11-7-13-19(18)14-15-8-5-4-6-9-15/h4-6,8-9H,3,7,10-14H2,1-2H3. The average molecular weight is 319 g/mol. The van der Waals surface area contributed by atoms with Crippen molar-refractivity contribution < 1.29 is 19.1 Å². The average Bonchev–Trinajstić information content (AvgIpc) is 2.97. The van der Waals surface area contributed by atoms with Gasteiger partial charge >= 0.3 is 11.9 Å². The second-order valence-electron chi connectivity index (χ2n) is 5.84. The molecule has 1 heterocycles. The highest BCUT2D eigenvalue weighted by atomic mass is 16.5. The quantitative estimate of drug-likeness (QED) is 0.723. The van der Waals surface area contributed by atoms with Crippen molar-refractivity contribution in [1.82, 2.24) is 4.90 Å². The molecule has 1 aromatic carbocycles. The predicted molar refractivity (Wildman–Crippen MR) is 86.7 cm³/mol. The first kappa shape index (κ1) is 17.5. The molecule has 0 aromatic heterocycles. The molecule has 0 spiro atoms. The number of hydrogen-bond donors (Lipinski definition) is 0. The predicted octanol–water partition coefficient (Wildman–Crippen LogP) is 2.54. The van der Waals surface area contributed by atoms with E-state index in [1.165, 1.54) is 7.11 Å². The first-order valence-electron chi connectivity index (χ1n) is 8.15. The normalized spacial score (nSPS) is 21.1. The lowest BCUT2D eigenvalue weighted by Gasteiger charge is -2.36. The molecule has 1 fully saturated rings. The molecular formula is C18H25NO4. The topological polar surface area (TPSA) is 55.8 Å². The Hall–Kier alpha value is -1.88. The van der Waals surface area contributed by atoms with Crippen molar-refractivity contribution in [3.8, 4) is 0 Å². The molecule has 5 heteroatoms. The Balaban J connectivity index is 2.14. The molecule has 1 aliphatic heterocycles. The number of esters is 2. The lowest BCUT2D eigenvalue weighted by atomic mass is 9.90. The van der Waals surface area contributed by atoms with Crippen LogP contribution in [0.3, 0.4) is 0 Å². The van der Waals surface area contributed by atoms with Crippen LogP contribution < -0.4 is 0 Å². The first-order chi connectivity index (χ1) is 11.1. The van der Waals surface area contributed by atoms with E-state index in [-0.39, 0.29) is 18.4 Å². The molecule has 0 radical (unpaired) electrons. The highest BCUT2D eigenvalue weighted by molar-refractivity contribution is 5.82.